The van der Waals surface area contributed by atoms with Gasteiger partial charge >= 0.3 is 0 Å². The Morgan fingerprint density at radius 1 is 1.05 bits per heavy atom. The molecule has 1 aromatic carbocycles. The highest BCUT2D eigenvalue weighted by Gasteiger charge is 2.38. The number of nitrogens with one attached hydrogen (secondary N) is 1. The van der Waals surface area contributed by atoms with Gasteiger partial charge in [0.25, 0.3) is 0 Å². The van der Waals surface area contributed by atoms with Gasteiger partial charge in [0.15, 0.2) is 0 Å². The fraction of sp³-hybridized carbons (Fsp3) is 0.684. The molecule has 1 aromatic rings. The first kappa shape index (κ1) is 13.6. The summed E-state index contributed by atoms with van der Waals surface area (Å²) in [7, 11) is 0. The van der Waals surface area contributed by atoms with E-state index in [2.05, 4.69) is 35.3 Å². The van der Waals surface area contributed by atoms with Crippen LogP contribution in [0.5, 0.6) is 0 Å². The van der Waals surface area contributed by atoms with Gasteiger partial charge in [-0.1, -0.05) is 13.0 Å². The summed E-state index contributed by atoms with van der Waals surface area (Å²) >= 11 is 0. The molecule has 4 rings (SSSR count). The normalized spacial score (nSPS) is 31.3. The minimum Gasteiger partial charge on any atom is -0.365 e. The van der Waals surface area contributed by atoms with E-state index < -0.39 is 0 Å². The molecule has 0 saturated carbocycles. The van der Waals surface area contributed by atoms with Crippen molar-refractivity contribution in [2.24, 2.45) is 0 Å². The Morgan fingerprint density at radius 3 is 2.57 bits per heavy atom. The number of fused-ring (bicyclic) bond motifs is 3. The molecule has 2 saturated heterocycles. The van der Waals surface area contributed by atoms with Gasteiger partial charge in [0, 0.05) is 23.8 Å². The lowest BCUT2D eigenvalue weighted by molar-refractivity contribution is 0.247. The standard InChI is InChI=1S/C19H28N2/c1-2-20-16-12-17-7-4-8-18(13-16)21(17)19-10-9-14-5-3-6-15(14)11-19/h9-11,16-18,20H,2-8,12-13H2,1H3. The lowest BCUT2D eigenvalue weighted by Crippen LogP contribution is -2.56. The van der Waals surface area contributed by atoms with Crippen LogP contribution in [0.4, 0.5) is 5.69 Å². The van der Waals surface area contributed by atoms with Crippen molar-refractivity contribution in [3.63, 3.8) is 0 Å². The van der Waals surface area contributed by atoms with Crippen molar-refractivity contribution >= 4 is 5.69 Å². The van der Waals surface area contributed by atoms with Crippen LogP contribution in [0.25, 0.3) is 0 Å². The van der Waals surface area contributed by atoms with E-state index >= 15 is 0 Å². The second-order valence-electron chi connectivity index (χ2n) is 7.18. The van der Waals surface area contributed by atoms with Crippen molar-refractivity contribution in [1.29, 1.82) is 0 Å². The summed E-state index contributed by atoms with van der Waals surface area (Å²) in [6.07, 6.45) is 10.8. The summed E-state index contributed by atoms with van der Waals surface area (Å²) in [6, 6.07) is 9.60. The van der Waals surface area contributed by atoms with Crippen LogP contribution in [0.1, 0.15) is 56.6 Å². The Kier molecular flexibility index (Phi) is 3.66. The summed E-state index contributed by atoms with van der Waals surface area (Å²) in [5.74, 6) is 0. The molecule has 0 radical (unpaired) electrons. The number of piperidine rings is 2. The van der Waals surface area contributed by atoms with Gasteiger partial charge < -0.3 is 10.2 Å². The molecule has 2 fully saturated rings. The van der Waals surface area contributed by atoms with Gasteiger partial charge in [-0.05, 0) is 81.2 Å². The maximum Gasteiger partial charge on any atom is 0.0374 e. The van der Waals surface area contributed by atoms with Gasteiger partial charge in [0.05, 0.1) is 0 Å². The molecule has 21 heavy (non-hydrogen) atoms. The second kappa shape index (κ2) is 5.64. The molecule has 0 amide bonds. The Hall–Kier alpha value is -1.02. The van der Waals surface area contributed by atoms with E-state index in [1.165, 1.54) is 57.1 Å². The highest BCUT2D eigenvalue weighted by molar-refractivity contribution is 5.54. The summed E-state index contributed by atoms with van der Waals surface area (Å²) < 4.78 is 0. The van der Waals surface area contributed by atoms with E-state index in [4.69, 9.17) is 0 Å². The number of benzene rings is 1. The van der Waals surface area contributed by atoms with Gasteiger partial charge in [0.1, 0.15) is 0 Å². The van der Waals surface area contributed by atoms with Crippen LogP contribution in [0.3, 0.4) is 0 Å². The van der Waals surface area contributed by atoms with Crippen molar-refractivity contribution in [3.05, 3.63) is 29.3 Å². The average Bonchev–Trinajstić information content (AvgIpc) is 2.94. The van der Waals surface area contributed by atoms with Gasteiger partial charge in [-0.3, -0.25) is 0 Å². The second-order valence-corrected chi connectivity index (χ2v) is 7.18. The maximum absolute atomic E-state index is 3.70. The molecule has 2 atom stereocenters. The molecule has 3 aliphatic rings. The highest BCUT2D eigenvalue weighted by atomic mass is 15.2. The van der Waals surface area contributed by atoms with Crippen molar-refractivity contribution in [2.45, 2.75) is 76.4 Å². The SMILES string of the molecule is CCNC1CC2CCCC(C1)N2c1ccc2c(c1)CCC2. The molecule has 114 valence electrons. The molecule has 1 N–H and O–H groups in total. The van der Waals surface area contributed by atoms with Crippen LogP contribution < -0.4 is 10.2 Å². The topological polar surface area (TPSA) is 15.3 Å². The van der Waals surface area contributed by atoms with Gasteiger partial charge in [-0.2, -0.15) is 0 Å². The first-order valence-electron chi connectivity index (χ1n) is 8.98. The van der Waals surface area contributed by atoms with Gasteiger partial charge in [-0.25, -0.2) is 0 Å². The van der Waals surface area contributed by atoms with Crippen molar-refractivity contribution < 1.29 is 0 Å². The molecule has 2 unspecified atom stereocenters. The first-order chi connectivity index (χ1) is 10.3. The predicted octanol–water partition coefficient (Wildman–Crippen LogP) is 3.67. The minimum atomic E-state index is 0.746. The zero-order valence-corrected chi connectivity index (χ0v) is 13.3. The van der Waals surface area contributed by atoms with E-state index in [-0.39, 0.29) is 0 Å². The van der Waals surface area contributed by atoms with E-state index in [0.717, 1.165) is 24.7 Å². The summed E-state index contributed by atoms with van der Waals surface area (Å²) in [5.41, 5.74) is 4.74. The molecule has 2 heteroatoms. The zero-order valence-electron chi connectivity index (χ0n) is 13.3. The largest absolute Gasteiger partial charge is 0.365 e. The third-order valence-corrected chi connectivity index (χ3v) is 5.85. The number of aryl methyl sites for hydroxylation is 2. The molecule has 0 aromatic heterocycles. The summed E-state index contributed by atoms with van der Waals surface area (Å²) in [5, 5.41) is 3.70. The quantitative estimate of drug-likeness (QED) is 0.911. The van der Waals surface area contributed by atoms with Crippen LogP contribution in [0.2, 0.25) is 0 Å². The Bertz CT molecular complexity index is 496. The highest BCUT2D eigenvalue weighted by Crippen LogP contribution is 2.39. The van der Waals surface area contributed by atoms with Crippen LogP contribution >= 0.6 is 0 Å². The van der Waals surface area contributed by atoms with Crippen LogP contribution in [0, 0.1) is 0 Å². The first-order valence-corrected chi connectivity index (χ1v) is 8.98. The molecule has 2 nitrogen and oxygen atoms in total. The minimum absolute atomic E-state index is 0.746. The van der Waals surface area contributed by atoms with Crippen LogP contribution in [-0.4, -0.2) is 24.7 Å². The Balaban J connectivity index is 1.59. The van der Waals surface area contributed by atoms with E-state index in [9.17, 15) is 0 Å². The van der Waals surface area contributed by atoms with Crippen LogP contribution in [-0.2, 0) is 12.8 Å². The average molecular weight is 284 g/mol. The Labute approximate surface area is 128 Å². The lowest BCUT2D eigenvalue weighted by Gasteiger charge is -2.50. The Morgan fingerprint density at radius 2 is 1.81 bits per heavy atom. The lowest BCUT2D eigenvalue weighted by atomic mass is 9.81. The number of rotatable bonds is 3. The fourth-order valence-corrected chi connectivity index (χ4v) is 4.98. The molecule has 2 heterocycles. The summed E-state index contributed by atoms with van der Waals surface area (Å²) in [4.78, 5) is 2.79. The van der Waals surface area contributed by atoms with Crippen LogP contribution in [0.15, 0.2) is 18.2 Å². The monoisotopic (exact) mass is 284 g/mol. The molecule has 1 aliphatic carbocycles. The maximum atomic E-state index is 3.70. The molecule has 2 bridgehead atoms. The molecular formula is C19H28N2. The van der Waals surface area contributed by atoms with E-state index in [1.807, 2.05) is 0 Å². The van der Waals surface area contributed by atoms with E-state index in [0.29, 0.717) is 0 Å². The third-order valence-electron chi connectivity index (χ3n) is 5.85. The fourth-order valence-electron chi connectivity index (χ4n) is 4.98. The van der Waals surface area contributed by atoms with Gasteiger partial charge in [-0.15, -0.1) is 0 Å². The number of nitrogens with zero attached hydrogens (tertiary/aromatic N) is 1. The third kappa shape index (κ3) is 2.48. The predicted molar refractivity (Wildman–Crippen MR) is 89.1 cm³/mol. The molecular weight excluding hydrogens is 256 g/mol. The smallest absolute Gasteiger partial charge is 0.0374 e. The zero-order chi connectivity index (χ0) is 14.2. The van der Waals surface area contributed by atoms with Crippen molar-refractivity contribution in [2.75, 3.05) is 11.4 Å². The number of hydrogen-bond donors (Lipinski definition) is 1. The van der Waals surface area contributed by atoms with Gasteiger partial charge in [0.2, 0.25) is 0 Å². The van der Waals surface area contributed by atoms with E-state index in [1.54, 1.807) is 11.1 Å². The van der Waals surface area contributed by atoms with Crippen molar-refractivity contribution in [3.8, 4) is 0 Å². The number of hydrogen-bond acceptors (Lipinski definition) is 2. The molecule has 2 aliphatic heterocycles. The number of anilines is 1. The summed E-state index contributed by atoms with van der Waals surface area (Å²) in [6.45, 7) is 3.35. The van der Waals surface area contributed by atoms with Crippen molar-refractivity contribution in [1.82, 2.24) is 5.32 Å². The molecule has 0 spiro atoms.